The summed E-state index contributed by atoms with van der Waals surface area (Å²) in [6.45, 7) is 0. The highest BCUT2D eigenvalue weighted by Crippen LogP contribution is 2.13. The Morgan fingerprint density at radius 1 is 1.31 bits per heavy atom. The van der Waals surface area contributed by atoms with Crippen LogP contribution in [0.2, 0.25) is 0 Å². The number of carbonyl (C=O) groups is 1. The second-order valence-corrected chi connectivity index (χ2v) is 2.50. The SMILES string of the molecule is O=C(Cl)Oc1ccc([NH+](O)O)cc1. The van der Waals surface area contributed by atoms with Crippen molar-refractivity contribution >= 4 is 22.7 Å². The molecule has 5 nitrogen and oxygen atoms in total. The number of rotatable bonds is 2. The van der Waals surface area contributed by atoms with Gasteiger partial charge in [-0.15, -0.1) is 0 Å². The van der Waals surface area contributed by atoms with E-state index in [0.29, 0.717) is 0 Å². The monoisotopic (exact) mass is 204 g/mol. The number of carbonyl (C=O) groups excluding carboxylic acids is 1. The second kappa shape index (κ2) is 4.20. The molecule has 0 saturated carbocycles. The third kappa shape index (κ3) is 3.00. The molecule has 70 valence electrons. The van der Waals surface area contributed by atoms with Gasteiger partial charge >= 0.3 is 5.43 Å². The largest absolute Gasteiger partial charge is 0.414 e. The predicted molar refractivity (Wildman–Crippen MR) is 42.5 cm³/mol. The molecule has 0 radical (unpaired) electrons. The number of nitrogens with one attached hydrogen (secondary N) is 1. The van der Waals surface area contributed by atoms with E-state index >= 15 is 0 Å². The topological polar surface area (TPSA) is 71.2 Å². The molecule has 1 aromatic carbocycles. The van der Waals surface area contributed by atoms with Crippen LogP contribution in [0.1, 0.15) is 0 Å². The molecule has 0 unspecified atom stereocenters. The Morgan fingerprint density at radius 3 is 2.23 bits per heavy atom. The molecule has 0 spiro atoms. The fourth-order valence-corrected chi connectivity index (χ4v) is 0.854. The molecule has 0 amide bonds. The van der Waals surface area contributed by atoms with E-state index in [1.165, 1.54) is 24.3 Å². The summed E-state index contributed by atoms with van der Waals surface area (Å²) in [6, 6.07) is 5.54. The maximum absolute atomic E-state index is 10.3. The Morgan fingerprint density at radius 2 is 1.85 bits per heavy atom. The van der Waals surface area contributed by atoms with Gasteiger partial charge in [0.05, 0.1) is 0 Å². The molecule has 0 aromatic heterocycles. The highest BCUT2D eigenvalue weighted by atomic mass is 35.5. The van der Waals surface area contributed by atoms with Gasteiger partial charge in [0, 0.05) is 23.7 Å². The van der Waals surface area contributed by atoms with Crippen molar-refractivity contribution in [1.82, 2.24) is 0 Å². The van der Waals surface area contributed by atoms with E-state index in [9.17, 15) is 4.79 Å². The average molecular weight is 205 g/mol. The summed E-state index contributed by atoms with van der Waals surface area (Å²) in [5.74, 6) is 0.241. The van der Waals surface area contributed by atoms with Crippen LogP contribution < -0.4 is 9.96 Å². The van der Waals surface area contributed by atoms with Gasteiger partial charge in [0.1, 0.15) is 5.75 Å². The average Bonchev–Trinajstić information content (AvgIpc) is 2.04. The minimum atomic E-state index is -0.940. The van der Waals surface area contributed by atoms with Gasteiger partial charge in [-0.25, -0.2) is 4.79 Å². The van der Waals surface area contributed by atoms with Crippen molar-refractivity contribution in [3.05, 3.63) is 24.3 Å². The zero-order valence-electron chi connectivity index (χ0n) is 6.40. The lowest BCUT2D eigenvalue weighted by Crippen LogP contribution is -3.01. The van der Waals surface area contributed by atoms with Crippen LogP contribution in [0, 0.1) is 0 Å². The van der Waals surface area contributed by atoms with Gasteiger partial charge in [-0.3, -0.25) is 0 Å². The van der Waals surface area contributed by atoms with Crippen molar-refractivity contribution in [3.63, 3.8) is 0 Å². The zero-order chi connectivity index (χ0) is 9.84. The van der Waals surface area contributed by atoms with Gasteiger partial charge in [0.25, 0.3) is 0 Å². The lowest BCUT2D eigenvalue weighted by atomic mass is 10.3. The Labute approximate surface area is 78.6 Å². The van der Waals surface area contributed by atoms with E-state index in [1.54, 1.807) is 0 Å². The molecule has 0 fully saturated rings. The molecule has 0 saturated heterocycles. The Hall–Kier alpha value is -1.14. The van der Waals surface area contributed by atoms with Crippen molar-refractivity contribution < 1.29 is 25.2 Å². The van der Waals surface area contributed by atoms with Crippen LogP contribution in [-0.2, 0) is 0 Å². The maximum Gasteiger partial charge on any atom is 0.409 e. The summed E-state index contributed by atoms with van der Waals surface area (Å²) in [7, 11) is 0. The Balaban J connectivity index is 2.75. The number of hydrogen-bond acceptors (Lipinski definition) is 4. The Kier molecular flexibility index (Phi) is 3.21. The number of hydrogen-bond donors (Lipinski definition) is 3. The summed E-state index contributed by atoms with van der Waals surface area (Å²) < 4.78 is 4.50. The highest BCUT2D eigenvalue weighted by molar-refractivity contribution is 6.61. The quantitative estimate of drug-likeness (QED) is 0.490. The summed E-state index contributed by atoms with van der Waals surface area (Å²) in [5.41, 5.74) is -0.709. The third-order valence-corrected chi connectivity index (χ3v) is 1.39. The van der Waals surface area contributed by atoms with Gasteiger partial charge < -0.3 is 4.74 Å². The van der Waals surface area contributed by atoms with Crippen molar-refractivity contribution in [3.8, 4) is 5.75 Å². The zero-order valence-corrected chi connectivity index (χ0v) is 7.15. The summed E-state index contributed by atoms with van der Waals surface area (Å²) in [5, 5.41) is 16.5. The molecule has 0 atom stereocenters. The van der Waals surface area contributed by atoms with Crippen molar-refractivity contribution in [1.29, 1.82) is 0 Å². The van der Waals surface area contributed by atoms with Crippen LogP contribution in [0.25, 0.3) is 0 Å². The first-order chi connectivity index (χ1) is 6.09. The summed E-state index contributed by atoms with van der Waals surface area (Å²) >= 11 is 4.95. The second-order valence-electron chi connectivity index (χ2n) is 2.19. The summed E-state index contributed by atoms with van der Waals surface area (Å²) in [4.78, 5) is 10.3. The van der Waals surface area contributed by atoms with E-state index in [4.69, 9.17) is 22.0 Å². The van der Waals surface area contributed by atoms with Crippen LogP contribution >= 0.6 is 11.6 Å². The Bertz CT molecular complexity index is 298. The molecule has 1 aromatic rings. The molecular weight excluding hydrogens is 198 g/mol. The number of halogens is 1. The van der Waals surface area contributed by atoms with E-state index < -0.39 is 10.7 Å². The van der Waals surface area contributed by atoms with E-state index in [0.717, 1.165) is 0 Å². The molecular formula is C7H7ClNO4+. The predicted octanol–water partition coefficient (Wildman–Crippen LogP) is 0.719. The first-order valence-electron chi connectivity index (χ1n) is 3.32. The fraction of sp³-hybridized carbons (Fsp3) is 0. The number of quaternary nitrogens is 1. The minimum Gasteiger partial charge on any atom is -0.414 e. The van der Waals surface area contributed by atoms with Crippen LogP contribution in [0.3, 0.4) is 0 Å². The van der Waals surface area contributed by atoms with Gasteiger partial charge in [0.2, 0.25) is 0 Å². The fourth-order valence-electron chi connectivity index (χ4n) is 0.765. The maximum atomic E-state index is 10.3. The first-order valence-corrected chi connectivity index (χ1v) is 3.70. The lowest BCUT2D eigenvalue weighted by molar-refractivity contribution is -1.19. The molecule has 0 aliphatic rings. The van der Waals surface area contributed by atoms with Crippen LogP contribution in [-0.4, -0.2) is 15.8 Å². The molecule has 0 heterocycles. The molecule has 0 bridgehead atoms. The van der Waals surface area contributed by atoms with E-state index in [2.05, 4.69) is 4.74 Å². The van der Waals surface area contributed by atoms with Crippen molar-refractivity contribution in [2.45, 2.75) is 0 Å². The standard InChI is InChI=1S/C7H6ClNO4/c8-7(10)13-6-3-1-5(2-4-6)9(11)12/h1-4,11-12H/p+1. The van der Waals surface area contributed by atoms with Crippen molar-refractivity contribution in [2.24, 2.45) is 0 Å². The lowest BCUT2D eigenvalue weighted by Gasteiger charge is -2.01. The first kappa shape index (κ1) is 9.94. The molecule has 13 heavy (non-hydrogen) atoms. The smallest absolute Gasteiger partial charge is 0.409 e. The van der Waals surface area contributed by atoms with Gasteiger partial charge in [-0.2, -0.15) is 10.4 Å². The molecule has 6 heteroatoms. The normalized spacial score (nSPS) is 10.2. The van der Waals surface area contributed by atoms with Gasteiger partial charge in [-0.05, 0) is 17.4 Å². The van der Waals surface area contributed by atoms with E-state index in [-0.39, 0.29) is 11.4 Å². The number of benzene rings is 1. The third-order valence-electron chi connectivity index (χ3n) is 1.31. The van der Waals surface area contributed by atoms with Crippen LogP contribution in [0.15, 0.2) is 24.3 Å². The molecule has 0 aliphatic heterocycles. The molecule has 3 N–H and O–H groups in total. The minimum absolute atomic E-state index is 0.231. The van der Waals surface area contributed by atoms with Gasteiger partial charge in [0.15, 0.2) is 5.69 Å². The molecule has 0 aliphatic carbocycles. The van der Waals surface area contributed by atoms with Crippen molar-refractivity contribution in [2.75, 3.05) is 0 Å². The van der Waals surface area contributed by atoms with Crippen LogP contribution in [0.5, 0.6) is 5.75 Å². The summed E-state index contributed by atoms with van der Waals surface area (Å²) in [6.07, 6.45) is 0. The number of ether oxygens (including phenoxy) is 1. The van der Waals surface area contributed by atoms with Gasteiger partial charge in [-0.1, -0.05) is 0 Å². The highest BCUT2D eigenvalue weighted by Gasteiger charge is 2.06. The van der Waals surface area contributed by atoms with Crippen LogP contribution in [0.4, 0.5) is 10.5 Å². The van der Waals surface area contributed by atoms with E-state index in [1.807, 2.05) is 0 Å². The molecule has 1 rings (SSSR count).